The zero-order chi connectivity index (χ0) is 16.4. The van der Waals surface area contributed by atoms with Crippen LogP contribution in [-0.4, -0.2) is 25.9 Å². The van der Waals surface area contributed by atoms with Gasteiger partial charge in [-0.05, 0) is 30.3 Å². The molecule has 118 valence electrons. The average molecular weight is 315 g/mol. The number of benzene rings is 1. The van der Waals surface area contributed by atoms with E-state index in [0.29, 0.717) is 23.2 Å². The molecule has 0 bridgehead atoms. The van der Waals surface area contributed by atoms with Gasteiger partial charge in [0.1, 0.15) is 11.5 Å². The van der Waals surface area contributed by atoms with Crippen molar-refractivity contribution in [3.05, 3.63) is 53.6 Å². The summed E-state index contributed by atoms with van der Waals surface area (Å²) in [6.45, 7) is 1.81. The summed E-state index contributed by atoms with van der Waals surface area (Å²) in [7, 11) is 1.67. The Kier molecular flexibility index (Phi) is 3.88. The van der Waals surface area contributed by atoms with Crippen molar-refractivity contribution in [3.8, 4) is 11.3 Å². The first-order valence-corrected chi connectivity index (χ1v) is 6.90. The van der Waals surface area contributed by atoms with Crippen LogP contribution in [0.4, 0.5) is 4.39 Å². The van der Waals surface area contributed by atoms with E-state index < -0.39 is 0 Å². The van der Waals surface area contributed by atoms with E-state index in [2.05, 4.69) is 20.6 Å². The van der Waals surface area contributed by atoms with Gasteiger partial charge >= 0.3 is 0 Å². The van der Waals surface area contributed by atoms with Crippen molar-refractivity contribution in [2.24, 2.45) is 7.05 Å². The lowest BCUT2D eigenvalue weighted by Gasteiger charge is -2.01. The molecule has 2 heterocycles. The van der Waals surface area contributed by atoms with Crippen LogP contribution in [0, 0.1) is 12.7 Å². The summed E-state index contributed by atoms with van der Waals surface area (Å²) in [6, 6.07) is 7.56. The largest absolute Gasteiger partial charge is 0.424 e. The maximum absolute atomic E-state index is 13.0. The standard InChI is InChI=1S/C15H14FN5O2/c1-9-18-19-14(23-9)8-17-15(22)13-7-12(20-21(13)2)10-3-5-11(16)6-4-10/h3-7H,8H2,1-2H3,(H,17,22). The fourth-order valence-electron chi connectivity index (χ4n) is 2.10. The van der Waals surface area contributed by atoms with Gasteiger partial charge in [-0.25, -0.2) is 4.39 Å². The number of amides is 1. The third-order valence-corrected chi connectivity index (χ3v) is 3.22. The number of halogens is 1. The third-order valence-electron chi connectivity index (χ3n) is 3.22. The molecule has 0 aliphatic heterocycles. The van der Waals surface area contributed by atoms with Crippen molar-refractivity contribution in [3.63, 3.8) is 0 Å². The lowest BCUT2D eigenvalue weighted by atomic mass is 10.1. The van der Waals surface area contributed by atoms with Gasteiger partial charge < -0.3 is 9.73 Å². The smallest absolute Gasteiger partial charge is 0.269 e. The first-order valence-electron chi connectivity index (χ1n) is 6.90. The fraction of sp³-hybridized carbons (Fsp3) is 0.200. The number of nitrogens with zero attached hydrogens (tertiary/aromatic N) is 4. The Morgan fingerprint density at radius 3 is 2.70 bits per heavy atom. The molecule has 0 aliphatic rings. The second-order valence-electron chi connectivity index (χ2n) is 4.94. The lowest BCUT2D eigenvalue weighted by Crippen LogP contribution is -2.25. The van der Waals surface area contributed by atoms with Gasteiger partial charge in [0.2, 0.25) is 11.8 Å². The molecular weight excluding hydrogens is 301 g/mol. The lowest BCUT2D eigenvalue weighted by molar-refractivity contribution is 0.0937. The van der Waals surface area contributed by atoms with Crippen LogP contribution in [0.1, 0.15) is 22.3 Å². The van der Waals surface area contributed by atoms with Gasteiger partial charge in [-0.3, -0.25) is 9.48 Å². The summed E-state index contributed by atoms with van der Waals surface area (Å²) in [5.74, 6) is 0.131. The number of hydrogen-bond donors (Lipinski definition) is 1. The second-order valence-corrected chi connectivity index (χ2v) is 4.94. The van der Waals surface area contributed by atoms with Crippen LogP contribution >= 0.6 is 0 Å². The minimum atomic E-state index is -0.322. The number of nitrogens with one attached hydrogen (secondary N) is 1. The molecule has 3 rings (SSSR count). The molecule has 1 amide bonds. The molecule has 2 aromatic heterocycles. The average Bonchev–Trinajstić information content (AvgIpc) is 3.11. The van der Waals surface area contributed by atoms with Gasteiger partial charge in [0.05, 0.1) is 12.2 Å². The minimum Gasteiger partial charge on any atom is -0.424 e. The Morgan fingerprint density at radius 2 is 2.04 bits per heavy atom. The third kappa shape index (κ3) is 3.25. The van der Waals surface area contributed by atoms with Gasteiger partial charge in [0, 0.05) is 19.5 Å². The number of hydrogen-bond acceptors (Lipinski definition) is 5. The highest BCUT2D eigenvalue weighted by atomic mass is 19.1. The zero-order valence-corrected chi connectivity index (χ0v) is 12.6. The van der Waals surface area contributed by atoms with Crippen LogP contribution in [0.2, 0.25) is 0 Å². The molecule has 0 aliphatic carbocycles. The van der Waals surface area contributed by atoms with E-state index in [1.807, 2.05) is 0 Å². The van der Waals surface area contributed by atoms with Gasteiger partial charge in [-0.2, -0.15) is 5.10 Å². The molecule has 0 atom stereocenters. The molecule has 23 heavy (non-hydrogen) atoms. The second kappa shape index (κ2) is 5.99. The normalized spacial score (nSPS) is 10.7. The first kappa shape index (κ1) is 14.9. The number of carbonyl (C=O) groups is 1. The van der Waals surface area contributed by atoms with Gasteiger partial charge in [-0.15, -0.1) is 10.2 Å². The van der Waals surface area contributed by atoms with E-state index in [4.69, 9.17) is 4.42 Å². The van der Waals surface area contributed by atoms with Crippen molar-refractivity contribution in [2.75, 3.05) is 0 Å². The van der Waals surface area contributed by atoms with Crippen molar-refractivity contribution in [2.45, 2.75) is 13.5 Å². The monoisotopic (exact) mass is 315 g/mol. The highest BCUT2D eigenvalue weighted by Crippen LogP contribution is 2.19. The van der Waals surface area contributed by atoms with Crippen molar-refractivity contribution in [1.29, 1.82) is 0 Å². The van der Waals surface area contributed by atoms with E-state index in [-0.39, 0.29) is 18.3 Å². The molecule has 8 heteroatoms. The predicted molar refractivity (Wildman–Crippen MR) is 78.8 cm³/mol. The SMILES string of the molecule is Cc1nnc(CNC(=O)c2cc(-c3ccc(F)cc3)nn2C)o1. The Hall–Kier alpha value is -3.03. The molecule has 1 N–H and O–H groups in total. The summed E-state index contributed by atoms with van der Waals surface area (Å²) in [4.78, 5) is 12.2. The van der Waals surface area contributed by atoms with Crippen LogP contribution in [0.25, 0.3) is 11.3 Å². The van der Waals surface area contributed by atoms with Gasteiger partial charge in [-0.1, -0.05) is 0 Å². The van der Waals surface area contributed by atoms with Crippen LogP contribution in [0.15, 0.2) is 34.7 Å². The number of aromatic nitrogens is 4. The molecular formula is C15H14FN5O2. The van der Waals surface area contributed by atoms with Crippen LogP contribution in [0.3, 0.4) is 0 Å². The van der Waals surface area contributed by atoms with Crippen molar-refractivity contribution >= 4 is 5.91 Å². The maximum Gasteiger partial charge on any atom is 0.269 e. The molecule has 0 saturated carbocycles. The van der Waals surface area contributed by atoms with Crippen LogP contribution in [0.5, 0.6) is 0 Å². The predicted octanol–water partition coefficient (Wildman–Crippen LogP) is 1.85. The zero-order valence-electron chi connectivity index (χ0n) is 12.6. The van der Waals surface area contributed by atoms with E-state index in [1.165, 1.54) is 16.8 Å². The van der Waals surface area contributed by atoms with E-state index >= 15 is 0 Å². The summed E-state index contributed by atoms with van der Waals surface area (Å²) >= 11 is 0. The van der Waals surface area contributed by atoms with E-state index in [9.17, 15) is 9.18 Å². The Balaban J connectivity index is 1.74. The molecule has 0 saturated heterocycles. The highest BCUT2D eigenvalue weighted by molar-refractivity contribution is 5.93. The van der Waals surface area contributed by atoms with E-state index in [0.717, 1.165) is 5.56 Å². The topological polar surface area (TPSA) is 85.8 Å². The molecule has 0 fully saturated rings. The first-order chi connectivity index (χ1) is 11.0. The van der Waals surface area contributed by atoms with Gasteiger partial charge in [0.25, 0.3) is 5.91 Å². The molecule has 1 aromatic carbocycles. The van der Waals surface area contributed by atoms with Crippen LogP contribution < -0.4 is 5.32 Å². The Bertz CT molecular complexity index is 838. The summed E-state index contributed by atoms with van der Waals surface area (Å²) in [5, 5.41) is 14.5. The summed E-state index contributed by atoms with van der Waals surface area (Å²) in [5.41, 5.74) is 1.69. The molecule has 0 unspecified atom stereocenters. The molecule has 3 aromatic rings. The minimum absolute atomic E-state index is 0.136. The fourth-order valence-corrected chi connectivity index (χ4v) is 2.10. The van der Waals surface area contributed by atoms with Gasteiger partial charge in [0.15, 0.2) is 0 Å². The highest BCUT2D eigenvalue weighted by Gasteiger charge is 2.15. The Morgan fingerprint density at radius 1 is 1.30 bits per heavy atom. The van der Waals surface area contributed by atoms with Crippen LogP contribution in [-0.2, 0) is 13.6 Å². The molecule has 7 nitrogen and oxygen atoms in total. The molecule has 0 spiro atoms. The number of aryl methyl sites for hydroxylation is 2. The maximum atomic E-state index is 13.0. The number of rotatable bonds is 4. The van der Waals surface area contributed by atoms with Crippen molar-refractivity contribution in [1.82, 2.24) is 25.3 Å². The Labute approximate surface area is 131 Å². The summed E-state index contributed by atoms with van der Waals surface area (Å²) in [6.07, 6.45) is 0. The molecule has 0 radical (unpaired) electrons. The van der Waals surface area contributed by atoms with Crippen molar-refractivity contribution < 1.29 is 13.6 Å². The number of carbonyl (C=O) groups excluding carboxylic acids is 1. The quantitative estimate of drug-likeness (QED) is 0.794. The van der Waals surface area contributed by atoms with E-state index in [1.54, 1.807) is 32.2 Å². The summed E-state index contributed by atoms with van der Waals surface area (Å²) < 4.78 is 19.6.